The maximum absolute atomic E-state index is 12.2. The fourth-order valence-electron chi connectivity index (χ4n) is 2.93. The molecule has 1 aromatic carbocycles. The second-order valence-corrected chi connectivity index (χ2v) is 5.84. The molecule has 0 unspecified atom stereocenters. The number of aromatic amines is 1. The lowest BCUT2D eigenvalue weighted by Crippen LogP contribution is -2.44. The number of amides is 2. The van der Waals surface area contributed by atoms with E-state index in [9.17, 15) is 9.59 Å². The average molecular weight is 312 g/mol. The van der Waals surface area contributed by atoms with Crippen molar-refractivity contribution in [3.63, 3.8) is 0 Å². The van der Waals surface area contributed by atoms with Crippen LogP contribution in [0, 0.1) is 5.92 Å². The minimum absolute atomic E-state index is 0.433. The zero-order valence-corrected chi connectivity index (χ0v) is 12.9. The third-order valence-electron chi connectivity index (χ3n) is 4.21. The third-order valence-corrected chi connectivity index (χ3v) is 4.21. The van der Waals surface area contributed by atoms with E-state index in [0.717, 1.165) is 19.3 Å². The Bertz CT molecular complexity index is 646. The van der Waals surface area contributed by atoms with E-state index >= 15 is 0 Å². The van der Waals surface area contributed by atoms with Crippen LogP contribution in [-0.2, 0) is 16.0 Å². The fourth-order valence-corrected chi connectivity index (χ4v) is 2.93. The number of aromatic nitrogens is 2. The molecule has 23 heavy (non-hydrogen) atoms. The molecule has 0 bridgehead atoms. The highest BCUT2D eigenvalue weighted by atomic mass is 16.2. The Morgan fingerprint density at radius 3 is 2.61 bits per heavy atom. The minimum atomic E-state index is -0.615. The SMILES string of the molecule is O=C(Nc1cnc[nH]1)C(=O)N1CCC(Cc2ccccc2)CC1. The summed E-state index contributed by atoms with van der Waals surface area (Å²) < 4.78 is 0. The first-order valence-corrected chi connectivity index (χ1v) is 7.85. The van der Waals surface area contributed by atoms with Crippen molar-refractivity contribution >= 4 is 17.6 Å². The molecule has 0 saturated carbocycles. The summed E-state index contributed by atoms with van der Waals surface area (Å²) >= 11 is 0. The first kappa shape index (κ1) is 15.3. The number of imidazole rings is 1. The fraction of sp³-hybridized carbons (Fsp3) is 0.353. The molecule has 3 rings (SSSR count). The zero-order chi connectivity index (χ0) is 16.1. The number of nitrogens with zero attached hydrogens (tertiary/aromatic N) is 2. The van der Waals surface area contributed by atoms with Gasteiger partial charge in [-0.05, 0) is 30.7 Å². The summed E-state index contributed by atoms with van der Waals surface area (Å²) in [7, 11) is 0. The highest BCUT2D eigenvalue weighted by Crippen LogP contribution is 2.21. The summed E-state index contributed by atoms with van der Waals surface area (Å²) in [5.74, 6) is -0.0899. The Balaban J connectivity index is 1.48. The number of likely N-dealkylation sites (tertiary alicyclic amines) is 1. The van der Waals surface area contributed by atoms with Gasteiger partial charge in [0.15, 0.2) is 0 Å². The molecule has 2 amide bonds. The maximum atomic E-state index is 12.2. The molecule has 120 valence electrons. The minimum Gasteiger partial charge on any atom is -0.334 e. The van der Waals surface area contributed by atoms with Crippen LogP contribution in [0.15, 0.2) is 42.9 Å². The van der Waals surface area contributed by atoms with Gasteiger partial charge in [-0.3, -0.25) is 9.59 Å². The maximum Gasteiger partial charge on any atom is 0.315 e. The molecular weight excluding hydrogens is 292 g/mol. The standard InChI is InChI=1S/C17H20N4O2/c22-16(20-15-11-18-12-19-15)17(23)21-8-6-14(7-9-21)10-13-4-2-1-3-5-13/h1-5,11-12,14H,6-10H2,(H,18,19)(H,20,22). The van der Waals surface area contributed by atoms with Crippen molar-refractivity contribution in [2.24, 2.45) is 5.92 Å². The van der Waals surface area contributed by atoms with E-state index in [1.165, 1.54) is 18.1 Å². The Morgan fingerprint density at radius 2 is 1.96 bits per heavy atom. The van der Waals surface area contributed by atoms with Gasteiger partial charge in [0.1, 0.15) is 5.82 Å². The van der Waals surface area contributed by atoms with Crippen LogP contribution in [-0.4, -0.2) is 39.8 Å². The lowest BCUT2D eigenvalue weighted by molar-refractivity contribution is -0.144. The van der Waals surface area contributed by atoms with Gasteiger partial charge >= 0.3 is 11.8 Å². The topological polar surface area (TPSA) is 78.1 Å². The summed E-state index contributed by atoms with van der Waals surface area (Å²) in [6.07, 6.45) is 5.81. The van der Waals surface area contributed by atoms with Gasteiger partial charge < -0.3 is 15.2 Å². The highest BCUT2D eigenvalue weighted by molar-refractivity contribution is 6.39. The number of H-pyrrole nitrogens is 1. The lowest BCUT2D eigenvalue weighted by Gasteiger charge is -2.31. The van der Waals surface area contributed by atoms with Crippen LogP contribution in [0.1, 0.15) is 18.4 Å². The van der Waals surface area contributed by atoms with Gasteiger partial charge in [0, 0.05) is 13.1 Å². The van der Waals surface area contributed by atoms with E-state index in [1.54, 1.807) is 4.90 Å². The number of carbonyl (C=O) groups is 2. The number of piperidine rings is 1. The molecule has 1 saturated heterocycles. The molecule has 0 atom stereocenters. The van der Waals surface area contributed by atoms with Gasteiger partial charge in [0.25, 0.3) is 0 Å². The van der Waals surface area contributed by atoms with Crippen LogP contribution < -0.4 is 5.32 Å². The van der Waals surface area contributed by atoms with Crippen LogP contribution in [0.3, 0.4) is 0 Å². The lowest BCUT2D eigenvalue weighted by atomic mass is 9.90. The van der Waals surface area contributed by atoms with Crippen molar-refractivity contribution in [2.45, 2.75) is 19.3 Å². The summed E-state index contributed by atoms with van der Waals surface area (Å²) in [5, 5.41) is 2.52. The van der Waals surface area contributed by atoms with Gasteiger partial charge in [-0.1, -0.05) is 30.3 Å². The van der Waals surface area contributed by atoms with Crippen LogP contribution in [0.25, 0.3) is 0 Å². The quantitative estimate of drug-likeness (QED) is 0.849. The van der Waals surface area contributed by atoms with Crippen molar-refractivity contribution in [3.05, 3.63) is 48.4 Å². The average Bonchev–Trinajstić information content (AvgIpc) is 3.09. The summed E-state index contributed by atoms with van der Waals surface area (Å²) in [6.45, 7) is 1.26. The van der Waals surface area contributed by atoms with Gasteiger partial charge in [-0.2, -0.15) is 0 Å². The number of carbonyl (C=O) groups excluding carboxylic acids is 2. The summed E-state index contributed by atoms with van der Waals surface area (Å²) in [5.41, 5.74) is 1.33. The number of hydrogen-bond donors (Lipinski definition) is 2. The molecule has 1 aliphatic rings. The molecule has 2 aromatic rings. The molecule has 0 aliphatic carbocycles. The molecule has 6 nitrogen and oxygen atoms in total. The van der Waals surface area contributed by atoms with Crippen molar-refractivity contribution < 1.29 is 9.59 Å². The molecule has 2 heterocycles. The van der Waals surface area contributed by atoms with Crippen LogP contribution in [0.2, 0.25) is 0 Å². The van der Waals surface area contributed by atoms with Gasteiger partial charge in [-0.25, -0.2) is 4.98 Å². The van der Waals surface area contributed by atoms with Crippen molar-refractivity contribution in [1.82, 2.24) is 14.9 Å². The van der Waals surface area contributed by atoms with Crippen LogP contribution in [0.4, 0.5) is 5.82 Å². The van der Waals surface area contributed by atoms with E-state index < -0.39 is 11.8 Å². The molecule has 1 aliphatic heterocycles. The van der Waals surface area contributed by atoms with Gasteiger partial charge in [0.05, 0.1) is 12.5 Å². The van der Waals surface area contributed by atoms with E-state index in [1.807, 2.05) is 18.2 Å². The van der Waals surface area contributed by atoms with Crippen LogP contribution >= 0.6 is 0 Å². The molecule has 0 spiro atoms. The Labute approximate surface area is 134 Å². The number of hydrogen-bond acceptors (Lipinski definition) is 3. The second kappa shape index (κ2) is 7.09. The number of nitrogens with one attached hydrogen (secondary N) is 2. The van der Waals surface area contributed by atoms with E-state index in [4.69, 9.17) is 0 Å². The second-order valence-electron chi connectivity index (χ2n) is 5.84. The number of anilines is 1. The predicted octanol–water partition coefficient (Wildman–Crippen LogP) is 1.83. The molecule has 0 radical (unpaired) electrons. The first-order valence-electron chi connectivity index (χ1n) is 7.85. The van der Waals surface area contributed by atoms with E-state index in [-0.39, 0.29) is 0 Å². The highest BCUT2D eigenvalue weighted by Gasteiger charge is 2.27. The smallest absolute Gasteiger partial charge is 0.315 e. The van der Waals surface area contributed by atoms with Crippen molar-refractivity contribution in [3.8, 4) is 0 Å². The van der Waals surface area contributed by atoms with E-state index in [2.05, 4.69) is 27.4 Å². The Hall–Kier alpha value is -2.63. The number of benzene rings is 1. The largest absolute Gasteiger partial charge is 0.334 e. The van der Waals surface area contributed by atoms with Crippen LogP contribution in [0.5, 0.6) is 0 Å². The molecule has 1 fully saturated rings. The molecule has 2 N–H and O–H groups in total. The Morgan fingerprint density at radius 1 is 1.22 bits per heavy atom. The normalized spacial score (nSPS) is 15.4. The van der Waals surface area contributed by atoms with Crippen molar-refractivity contribution in [1.29, 1.82) is 0 Å². The predicted molar refractivity (Wildman–Crippen MR) is 86.7 cm³/mol. The molecule has 6 heteroatoms. The third kappa shape index (κ3) is 3.97. The Kier molecular flexibility index (Phi) is 4.71. The molecule has 1 aromatic heterocycles. The van der Waals surface area contributed by atoms with Gasteiger partial charge in [0.2, 0.25) is 0 Å². The zero-order valence-electron chi connectivity index (χ0n) is 12.9. The summed E-state index contributed by atoms with van der Waals surface area (Å²) in [6, 6.07) is 10.4. The molecular formula is C17H20N4O2. The first-order chi connectivity index (χ1) is 11.2. The monoisotopic (exact) mass is 312 g/mol. The van der Waals surface area contributed by atoms with Gasteiger partial charge in [-0.15, -0.1) is 0 Å². The number of rotatable bonds is 3. The summed E-state index contributed by atoms with van der Waals surface area (Å²) in [4.78, 5) is 32.3. The van der Waals surface area contributed by atoms with E-state index in [0.29, 0.717) is 24.8 Å². The van der Waals surface area contributed by atoms with Crippen molar-refractivity contribution in [2.75, 3.05) is 18.4 Å².